The summed E-state index contributed by atoms with van der Waals surface area (Å²) in [5, 5.41) is 2.45. The lowest BCUT2D eigenvalue weighted by Gasteiger charge is -2.08. The van der Waals surface area contributed by atoms with Crippen LogP contribution in [0.1, 0.15) is 25.3 Å². The minimum absolute atomic E-state index is 0.358. The van der Waals surface area contributed by atoms with E-state index in [-0.39, 0.29) is 0 Å². The van der Waals surface area contributed by atoms with Crippen molar-refractivity contribution in [3.63, 3.8) is 0 Å². The number of fused-ring (bicyclic) bond motifs is 1. The van der Waals surface area contributed by atoms with Crippen molar-refractivity contribution < 1.29 is 4.74 Å². The van der Waals surface area contributed by atoms with E-state index in [2.05, 4.69) is 49.2 Å². The third kappa shape index (κ3) is 2.70. The summed E-state index contributed by atoms with van der Waals surface area (Å²) >= 11 is 0. The molecule has 2 rings (SSSR count). The molecule has 0 heterocycles. The molecular formula is C16H19NO. The van der Waals surface area contributed by atoms with Crippen LogP contribution >= 0.6 is 0 Å². The summed E-state index contributed by atoms with van der Waals surface area (Å²) in [6.07, 6.45) is 2.02. The van der Waals surface area contributed by atoms with E-state index in [1.807, 2.05) is 12.3 Å². The van der Waals surface area contributed by atoms with Crippen LogP contribution in [0.15, 0.2) is 41.4 Å². The van der Waals surface area contributed by atoms with Gasteiger partial charge in [0, 0.05) is 18.7 Å². The van der Waals surface area contributed by atoms with Crippen molar-refractivity contribution in [1.82, 2.24) is 0 Å². The maximum Gasteiger partial charge on any atom is 0.119 e. The highest BCUT2D eigenvalue weighted by molar-refractivity contribution is 5.85. The lowest BCUT2D eigenvalue weighted by Crippen LogP contribution is -1.95. The molecule has 1 unspecified atom stereocenters. The Hall–Kier alpha value is -1.83. The normalized spacial score (nSPS) is 13.1. The van der Waals surface area contributed by atoms with Crippen LogP contribution in [0.25, 0.3) is 10.8 Å². The molecule has 0 aliphatic heterocycles. The van der Waals surface area contributed by atoms with Crippen LogP contribution in [0.2, 0.25) is 0 Å². The molecule has 0 saturated carbocycles. The summed E-state index contributed by atoms with van der Waals surface area (Å²) in [5.41, 5.74) is 1.30. The Balaban J connectivity index is 2.35. The molecule has 1 atom stereocenters. The molecule has 0 radical (unpaired) electrons. The maximum absolute atomic E-state index is 5.23. The first kappa shape index (κ1) is 12.6. The summed E-state index contributed by atoms with van der Waals surface area (Å²) < 4.78 is 5.23. The van der Waals surface area contributed by atoms with Gasteiger partial charge in [-0.3, -0.25) is 4.99 Å². The fraction of sp³-hybridized carbons (Fsp3) is 0.312. The zero-order valence-corrected chi connectivity index (χ0v) is 11.2. The SMILES string of the molecule is CCN=CC(C)c1ccc2cc(OC)ccc2c1. The van der Waals surface area contributed by atoms with E-state index in [1.165, 1.54) is 16.3 Å². The zero-order chi connectivity index (χ0) is 13.0. The van der Waals surface area contributed by atoms with Gasteiger partial charge in [-0.25, -0.2) is 0 Å². The van der Waals surface area contributed by atoms with Crippen LogP contribution in [0, 0.1) is 0 Å². The van der Waals surface area contributed by atoms with Gasteiger partial charge in [0.15, 0.2) is 0 Å². The van der Waals surface area contributed by atoms with Crippen molar-refractivity contribution in [3.8, 4) is 5.75 Å². The number of aliphatic imine (C=N–C) groups is 1. The quantitative estimate of drug-likeness (QED) is 0.740. The number of methoxy groups -OCH3 is 1. The van der Waals surface area contributed by atoms with Crippen LogP contribution in [-0.2, 0) is 0 Å². The monoisotopic (exact) mass is 241 g/mol. The lowest BCUT2D eigenvalue weighted by molar-refractivity contribution is 0.415. The summed E-state index contributed by atoms with van der Waals surface area (Å²) in [5.74, 6) is 1.26. The first-order valence-corrected chi connectivity index (χ1v) is 6.32. The Labute approximate surface area is 108 Å². The van der Waals surface area contributed by atoms with Crippen molar-refractivity contribution in [1.29, 1.82) is 0 Å². The van der Waals surface area contributed by atoms with Crippen LogP contribution in [0.5, 0.6) is 5.75 Å². The fourth-order valence-electron chi connectivity index (χ4n) is 2.00. The van der Waals surface area contributed by atoms with Gasteiger partial charge in [-0.15, -0.1) is 0 Å². The van der Waals surface area contributed by atoms with E-state index < -0.39 is 0 Å². The molecule has 0 amide bonds. The van der Waals surface area contributed by atoms with Gasteiger partial charge in [0.1, 0.15) is 5.75 Å². The van der Waals surface area contributed by atoms with Gasteiger partial charge >= 0.3 is 0 Å². The predicted octanol–water partition coefficient (Wildman–Crippen LogP) is 4.04. The Morgan fingerprint density at radius 2 is 1.89 bits per heavy atom. The van der Waals surface area contributed by atoms with Crippen molar-refractivity contribution in [2.75, 3.05) is 13.7 Å². The number of rotatable bonds is 4. The number of hydrogen-bond acceptors (Lipinski definition) is 2. The molecule has 0 aliphatic rings. The Morgan fingerprint density at radius 1 is 1.17 bits per heavy atom. The molecule has 94 valence electrons. The minimum Gasteiger partial charge on any atom is -0.497 e. The average Bonchev–Trinajstić information content (AvgIpc) is 2.43. The molecule has 0 saturated heterocycles. The van der Waals surface area contributed by atoms with Crippen LogP contribution < -0.4 is 4.74 Å². The molecule has 0 aromatic heterocycles. The Morgan fingerprint density at radius 3 is 2.61 bits per heavy atom. The van der Waals surface area contributed by atoms with Crippen molar-refractivity contribution in [2.45, 2.75) is 19.8 Å². The molecule has 0 spiro atoms. The second-order valence-corrected chi connectivity index (χ2v) is 4.41. The Bertz CT molecular complexity index is 560. The van der Waals surface area contributed by atoms with Crippen LogP contribution in [0.4, 0.5) is 0 Å². The number of hydrogen-bond donors (Lipinski definition) is 0. The van der Waals surface area contributed by atoms with E-state index in [9.17, 15) is 0 Å². The maximum atomic E-state index is 5.23. The molecule has 18 heavy (non-hydrogen) atoms. The third-order valence-electron chi connectivity index (χ3n) is 3.11. The molecule has 0 N–H and O–H groups in total. The molecule has 2 aromatic carbocycles. The fourth-order valence-corrected chi connectivity index (χ4v) is 2.00. The summed E-state index contributed by atoms with van der Waals surface area (Å²) in [6.45, 7) is 5.06. The van der Waals surface area contributed by atoms with E-state index in [4.69, 9.17) is 4.74 Å². The molecular weight excluding hydrogens is 222 g/mol. The van der Waals surface area contributed by atoms with Gasteiger partial charge in [-0.05, 0) is 35.4 Å². The van der Waals surface area contributed by atoms with E-state index in [0.717, 1.165) is 12.3 Å². The van der Waals surface area contributed by atoms with Crippen molar-refractivity contribution in [3.05, 3.63) is 42.0 Å². The predicted molar refractivity (Wildman–Crippen MR) is 77.9 cm³/mol. The molecule has 2 heteroatoms. The van der Waals surface area contributed by atoms with Gasteiger partial charge in [0.25, 0.3) is 0 Å². The number of nitrogens with zero attached hydrogens (tertiary/aromatic N) is 1. The van der Waals surface area contributed by atoms with Gasteiger partial charge in [-0.2, -0.15) is 0 Å². The topological polar surface area (TPSA) is 21.6 Å². The Kier molecular flexibility index (Phi) is 3.98. The van der Waals surface area contributed by atoms with Gasteiger partial charge in [0.2, 0.25) is 0 Å². The van der Waals surface area contributed by atoms with Gasteiger partial charge in [0.05, 0.1) is 7.11 Å². The molecule has 0 bridgehead atoms. The van der Waals surface area contributed by atoms with Gasteiger partial charge < -0.3 is 4.74 Å². The smallest absolute Gasteiger partial charge is 0.119 e. The van der Waals surface area contributed by atoms with Crippen molar-refractivity contribution in [2.24, 2.45) is 4.99 Å². The first-order valence-electron chi connectivity index (χ1n) is 6.32. The highest BCUT2D eigenvalue weighted by atomic mass is 16.5. The largest absolute Gasteiger partial charge is 0.497 e. The highest BCUT2D eigenvalue weighted by Crippen LogP contribution is 2.24. The molecule has 2 aromatic rings. The van der Waals surface area contributed by atoms with Crippen LogP contribution in [0.3, 0.4) is 0 Å². The number of ether oxygens (including phenoxy) is 1. The zero-order valence-electron chi connectivity index (χ0n) is 11.2. The summed E-state index contributed by atoms with van der Waals surface area (Å²) in [7, 11) is 1.69. The first-order chi connectivity index (χ1) is 8.74. The molecule has 2 nitrogen and oxygen atoms in total. The van der Waals surface area contributed by atoms with Gasteiger partial charge in [-0.1, -0.05) is 31.2 Å². The summed E-state index contributed by atoms with van der Waals surface area (Å²) in [4.78, 5) is 4.31. The second-order valence-electron chi connectivity index (χ2n) is 4.41. The van der Waals surface area contributed by atoms with Crippen LogP contribution in [-0.4, -0.2) is 19.9 Å². The standard InChI is InChI=1S/C16H19NO/c1-4-17-11-12(2)13-5-6-15-10-16(18-3)8-7-14(15)9-13/h5-12H,4H2,1-3H3. The average molecular weight is 241 g/mol. The summed E-state index contributed by atoms with van der Waals surface area (Å²) in [6, 6.07) is 12.7. The minimum atomic E-state index is 0.358. The van der Waals surface area contributed by atoms with E-state index in [0.29, 0.717) is 5.92 Å². The van der Waals surface area contributed by atoms with Crippen molar-refractivity contribution >= 4 is 17.0 Å². The molecule has 0 aliphatic carbocycles. The van der Waals surface area contributed by atoms with E-state index in [1.54, 1.807) is 7.11 Å². The lowest BCUT2D eigenvalue weighted by atomic mass is 9.98. The molecule has 0 fully saturated rings. The third-order valence-corrected chi connectivity index (χ3v) is 3.11. The highest BCUT2D eigenvalue weighted by Gasteiger charge is 2.04. The number of benzene rings is 2. The van der Waals surface area contributed by atoms with E-state index >= 15 is 0 Å². The second kappa shape index (κ2) is 5.67.